The molecule has 0 aliphatic heterocycles. The molecule has 86 valence electrons. The van der Waals surface area contributed by atoms with Gasteiger partial charge in [0.25, 0.3) is 0 Å². The summed E-state index contributed by atoms with van der Waals surface area (Å²) in [5.41, 5.74) is 2.29. The van der Waals surface area contributed by atoms with Crippen LogP contribution in [0.5, 0.6) is 0 Å². The fourth-order valence-electron chi connectivity index (χ4n) is 1.83. The van der Waals surface area contributed by atoms with E-state index in [9.17, 15) is 0 Å². The second kappa shape index (κ2) is 5.39. The number of hydrogen-bond acceptors (Lipinski definition) is 0. The van der Waals surface area contributed by atoms with Crippen LogP contribution in [-0.2, 0) is 0 Å². The first-order chi connectivity index (χ1) is 8.22. The predicted molar refractivity (Wildman–Crippen MR) is 74.9 cm³/mol. The van der Waals surface area contributed by atoms with E-state index in [1.807, 2.05) is 42.5 Å². The molecule has 17 heavy (non-hydrogen) atoms. The lowest BCUT2D eigenvalue weighted by Gasteiger charge is -2.14. The molecule has 0 heterocycles. The molecule has 2 aromatic rings. The van der Waals surface area contributed by atoms with E-state index < -0.39 is 0 Å². The molecular weight excluding hydrogens is 251 g/mol. The van der Waals surface area contributed by atoms with Gasteiger partial charge in [-0.15, -0.1) is 6.58 Å². The lowest BCUT2D eigenvalue weighted by molar-refractivity contribution is 1.03. The van der Waals surface area contributed by atoms with Gasteiger partial charge >= 0.3 is 0 Å². The molecule has 0 N–H and O–H groups in total. The van der Waals surface area contributed by atoms with Gasteiger partial charge in [-0.25, -0.2) is 0 Å². The number of allylic oxidation sites excluding steroid dienone is 1. The highest BCUT2D eigenvalue weighted by atomic mass is 35.5. The molecule has 0 fully saturated rings. The lowest BCUT2D eigenvalue weighted by atomic mass is 9.91. The van der Waals surface area contributed by atoms with Crippen LogP contribution >= 0.6 is 23.2 Å². The monoisotopic (exact) mass is 262 g/mol. The molecular formula is C15H12Cl2. The van der Waals surface area contributed by atoms with Crippen LogP contribution in [0.15, 0.2) is 61.2 Å². The predicted octanol–water partition coefficient (Wildman–Crippen LogP) is 5.31. The molecule has 0 aliphatic rings. The van der Waals surface area contributed by atoms with E-state index >= 15 is 0 Å². The Bertz CT molecular complexity index is 518. The largest absolute Gasteiger partial charge is 0.102 e. The van der Waals surface area contributed by atoms with Crippen LogP contribution in [0.1, 0.15) is 17.0 Å². The third-order valence-electron chi connectivity index (χ3n) is 2.70. The first kappa shape index (κ1) is 12.2. The van der Waals surface area contributed by atoms with Crippen LogP contribution < -0.4 is 0 Å². The average Bonchev–Trinajstić information content (AvgIpc) is 2.36. The van der Waals surface area contributed by atoms with E-state index in [2.05, 4.69) is 18.7 Å². The topological polar surface area (TPSA) is 0 Å². The van der Waals surface area contributed by atoms with E-state index in [1.165, 1.54) is 5.56 Å². The SMILES string of the molecule is C=CC(c1ccccc1)c1ccc(Cl)c(Cl)c1. The summed E-state index contributed by atoms with van der Waals surface area (Å²) >= 11 is 12.0. The molecule has 2 heteroatoms. The fourth-order valence-corrected chi connectivity index (χ4v) is 2.14. The normalized spacial score (nSPS) is 12.1. The minimum Gasteiger partial charge on any atom is -0.102 e. The molecule has 0 nitrogen and oxygen atoms in total. The molecule has 0 saturated carbocycles. The summed E-state index contributed by atoms with van der Waals surface area (Å²) in [5.74, 6) is 0.144. The Hall–Kier alpha value is -1.24. The Morgan fingerprint density at radius 1 is 0.882 bits per heavy atom. The average molecular weight is 263 g/mol. The van der Waals surface area contributed by atoms with E-state index in [0.717, 1.165) is 5.56 Å². The maximum atomic E-state index is 6.04. The van der Waals surface area contributed by atoms with Gasteiger partial charge in [0.15, 0.2) is 0 Å². The summed E-state index contributed by atoms with van der Waals surface area (Å²) in [7, 11) is 0. The molecule has 0 aromatic heterocycles. The number of halogens is 2. The molecule has 0 bridgehead atoms. The lowest BCUT2D eigenvalue weighted by Crippen LogP contribution is -1.97. The molecule has 0 saturated heterocycles. The van der Waals surface area contributed by atoms with Crippen molar-refractivity contribution in [2.45, 2.75) is 5.92 Å². The van der Waals surface area contributed by atoms with Gasteiger partial charge in [-0.05, 0) is 23.3 Å². The van der Waals surface area contributed by atoms with Gasteiger partial charge in [0.05, 0.1) is 10.0 Å². The zero-order valence-electron chi connectivity index (χ0n) is 9.24. The number of hydrogen-bond donors (Lipinski definition) is 0. The van der Waals surface area contributed by atoms with Gasteiger partial charge in [0.2, 0.25) is 0 Å². The van der Waals surface area contributed by atoms with Crippen molar-refractivity contribution in [1.29, 1.82) is 0 Å². The molecule has 0 aliphatic carbocycles. The third kappa shape index (κ3) is 2.71. The summed E-state index contributed by atoms with van der Waals surface area (Å²) < 4.78 is 0. The minimum atomic E-state index is 0.144. The van der Waals surface area contributed by atoms with E-state index in [4.69, 9.17) is 23.2 Å². The van der Waals surface area contributed by atoms with Crippen molar-refractivity contribution in [1.82, 2.24) is 0 Å². The van der Waals surface area contributed by atoms with Crippen LogP contribution in [0.25, 0.3) is 0 Å². The van der Waals surface area contributed by atoms with Crippen molar-refractivity contribution in [2.24, 2.45) is 0 Å². The fraction of sp³-hybridized carbons (Fsp3) is 0.0667. The molecule has 0 amide bonds. The highest BCUT2D eigenvalue weighted by Crippen LogP contribution is 2.30. The van der Waals surface area contributed by atoms with Crippen molar-refractivity contribution >= 4 is 23.2 Å². The summed E-state index contributed by atoms with van der Waals surface area (Å²) in [6.45, 7) is 3.89. The smallest absolute Gasteiger partial charge is 0.0595 e. The number of benzene rings is 2. The van der Waals surface area contributed by atoms with Gasteiger partial charge < -0.3 is 0 Å². The van der Waals surface area contributed by atoms with Crippen molar-refractivity contribution < 1.29 is 0 Å². The maximum absolute atomic E-state index is 6.04. The second-order valence-corrected chi connectivity index (χ2v) is 4.61. The minimum absolute atomic E-state index is 0.144. The van der Waals surface area contributed by atoms with Gasteiger partial charge in [-0.1, -0.05) is 65.7 Å². The molecule has 1 unspecified atom stereocenters. The van der Waals surface area contributed by atoms with E-state index in [-0.39, 0.29) is 5.92 Å². The van der Waals surface area contributed by atoms with Gasteiger partial charge in [0.1, 0.15) is 0 Å². The maximum Gasteiger partial charge on any atom is 0.0595 e. The van der Waals surface area contributed by atoms with E-state index in [1.54, 1.807) is 0 Å². The Morgan fingerprint density at radius 2 is 1.59 bits per heavy atom. The van der Waals surface area contributed by atoms with Crippen molar-refractivity contribution in [3.8, 4) is 0 Å². The van der Waals surface area contributed by atoms with Crippen molar-refractivity contribution in [2.75, 3.05) is 0 Å². The zero-order valence-corrected chi connectivity index (χ0v) is 10.7. The highest BCUT2D eigenvalue weighted by molar-refractivity contribution is 6.42. The van der Waals surface area contributed by atoms with Crippen LogP contribution in [0.4, 0.5) is 0 Å². The summed E-state index contributed by atoms with van der Waals surface area (Å²) in [6, 6.07) is 15.9. The van der Waals surface area contributed by atoms with E-state index in [0.29, 0.717) is 10.0 Å². The zero-order chi connectivity index (χ0) is 12.3. The Labute approximate surface area is 112 Å². The van der Waals surface area contributed by atoms with Crippen LogP contribution in [0.2, 0.25) is 10.0 Å². The quantitative estimate of drug-likeness (QED) is 0.658. The van der Waals surface area contributed by atoms with Gasteiger partial charge in [0, 0.05) is 5.92 Å². The standard InChI is InChI=1S/C15H12Cl2/c1-2-13(11-6-4-3-5-7-11)12-8-9-14(16)15(17)10-12/h2-10,13H,1H2. The summed E-state index contributed by atoms with van der Waals surface area (Å²) in [4.78, 5) is 0. The summed E-state index contributed by atoms with van der Waals surface area (Å²) in [6.07, 6.45) is 1.91. The van der Waals surface area contributed by atoms with Crippen molar-refractivity contribution in [3.05, 3.63) is 82.4 Å². The first-order valence-electron chi connectivity index (χ1n) is 5.35. The van der Waals surface area contributed by atoms with Crippen LogP contribution in [-0.4, -0.2) is 0 Å². The van der Waals surface area contributed by atoms with Crippen LogP contribution in [0.3, 0.4) is 0 Å². The Kier molecular flexibility index (Phi) is 3.88. The summed E-state index contributed by atoms with van der Waals surface area (Å²) in [5, 5.41) is 1.15. The first-order valence-corrected chi connectivity index (χ1v) is 6.10. The van der Waals surface area contributed by atoms with Gasteiger partial charge in [-0.3, -0.25) is 0 Å². The Balaban J connectivity index is 2.42. The number of rotatable bonds is 3. The molecule has 0 spiro atoms. The molecule has 2 aromatic carbocycles. The second-order valence-electron chi connectivity index (χ2n) is 3.80. The molecule has 1 atom stereocenters. The Morgan fingerprint density at radius 3 is 2.18 bits per heavy atom. The van der Waals surface area contributed by atoms with Crippen LogP contribution in [0, 0.1) is 0 Å². The molecule has 2 rings (SSSR count). The third-order valence-corrected chi connectivity index (χ3v) is 3.44. The molecule has 0 radical (unpaired) electrons. The van der Waals surface area contributed by atoms with Crippen molar-refractivity contribution in [3.63, 3.8) is 0 Å². The van der Waals surface area contributed by atoms with Gasteiger partial charge in [-0.2, -0.15) is 0 Å². The highest BCUT2D eigenvalue weighted by Gasteiger charge is 2.11.